The number of Topliss-reactive ketones (excluding diaryl/α,β-unsaturated/α-hetero) is 1. The van der Waals surface area contributed by atoms with E-state index in [1.54, 1.807) is 6.08 Å². The summed E-state index contributed by atoms with van der Waals surface area (Å²) in [6.07, 6.45) is 8.90. The Hall–Kier alpha value is -0.640. The summed E-state index contributed by atoms with van der Waals surface area (Å²) in [5.74, 6) is 1.25. The summed E-state index contributed by atoms with van der Waals surface area (Å²) in [6.45, 7) is 5.76. The fourth-order valence-corrected chi connectivity index (χ4v) is 8.05. The minimum Gasteiger partial charge on any atom is -0.380 e. The van der Waals surface area contributed by atoms with Gasteiger partial charge in [-0.25, -0.2) is 0 Å². The third-order valence-electron chi connectivity index (χ3n) is 8.73. The lowest BCUT2D eigenvalue weighted by Crippen LogP contribution is -2.59. The van der Waals surface area contributed by atoms with E-state index in [9.17, 15) is 14.7 Å². The van der Waals surface area contributed by atoms with Crippen LogP contribution < -0.4 is 0 Å². The third-order valence-corrected chi connectivity index (χ3v) is 9.60. The van der Waals surface area contributed by atoms with Crippen LogP contribution in [-0.4, -0.2) is 33.5 Å². The molecule has 148 valence electrons. The number of ketones is 2. The first kappa shape index (κ1) is 19.7. The second-order valence-corrected chi connectivity index (χ2v) is 10.4. The molecule has 0 radical (unpaired) electrons. The summed E-state index contributed by atoms with van der Waals surface area (Å²) in [5.41, 5.74) is -1.04. The molecular weight excluding hydrogens is 383 g/mol. The van der Waals surface area contributed by atoms with Gasteiger partial charge in [0.1, 0.15) is 5.60 Å². The molecule has 0 aliphatic heterocycles. The van der Waals surface area contributed by atoms with Gasteiger partial charge in [0.05, 0.1) is 5.38 Å². The van der Waals surface area contributed by atoms with Crippen LogP contribution in [0.2, 0.25) is 0 Å². The maximum Gasteiger partial charge on any atom is 0.163 e. The van der Waals surface area contributed by atoms with Crippen molar-refractivity contribution in [1.29, 1.82) is 0 Å². The van der Waals surface area contributed by atoms with Crippen LogP contribution >= 0.6 is 23.2 Å². The number of halogens is 2. The Morgan fingerprint density at radius 2 is 2.04 bits per heavy atom. The molecule has 0 aromatic carbocycles. The number of hydrogen-bond donors (Lipinski definition) is 1. The van der Waals surface area contributed by atoms with E-state index in [0.29, 0.717) is 24.6 Å². The molecule has 0 bridgehead atoms. The average Bonchev–Trinajstić information content (AvgIpc) is 2.83. The Kier molecular flexibility index (Phi) is 4.50. The van der Waals surface area contributed by atoms with Crippen LogP contribution in [0, 0.1) is 34.5 Å². The van der Waals surface area contributed by atoms with Crippen molar-refractivity contribution in [3.63, 3.8) is 0 Å². The van der Waals surface area contributed by atoms with Crippen molar-refractivity contribution in [2.45, 2.75) is 57.4 Å². The molecule has 4 rings (SSSR count). The molecule has 5 heteroatoms. The standard InChI is InChI=1S/C22H28Cl2O3/c1-12(25)22(27)19(24)10-18-16-5-4-13-8-15(26)9-14(11-23)21(13,3)17(16)6-7-20(18,22)2/h4-5,8,14,16-19,27H,6-7,9-11H2,1-3H3/t14-,16-,17+,18+,19+,20+,21-,22-/m1/s1. The van der Waals surface area contributed by atoms with Crippen molar-refractivity contribution in [1.82, 2.24) is 0 Å². The fraction of sp³-hybridized carbons (Fsp3) is 0.727. The lowest BCUT2D eigenvalue weighted by molar-refractivity contribution is -0.156. The normalized spacial score (nSPS) is 51.3. The first-order chi connectivity index (χ1) is 12.6. The van der Waals surface area contributed by atoms with Crippen LogP contribution in [0.1, 0.15) is 46.5 Å². The van der Waals surface area contributed by atoms with E-state index in [-0.39, 0.29) is 34.7 Å². The quantitative estimate of drug-likeness (QED) is 0.690. The fourth-order valence-electron chi connectivity index (χ4n) is 7.02. The molecule has 8 atom stereocenters. The highest BCUT2D eigenvalue weighted by atomic mass is 35.5. The highest BCUT2D eigenvalue weighted by Gasteiger charge is 2.69. The lowest BCUT2D eigenvalue weighted by atomic mass is 9.46. The van der Waals surface area contributed by atoms with Gasteiger partial charge in [-0.3, -0.25) is 9.59 Å². The van der Waals surface area contributed by atoms with E-state index >= 15 is 0 Å². The van der Waals surface area contributed by atoms with Gasteiger partial charge < -0.3 is 5.11 Å². The van der Waals surface area contributed by atoms with Gasteiger partial charge >= 0.3 is 0 Å². The minimum absolute atomic E-state index is 0.119. The topological polar surface area (TPSA) is 54.4 Å². The highest BCUT2D eigenvalue weighted by molar-refractivity contribution is 6.24. The van der Waals surface area contributed by atoms with Gasteiger partial charge in [-0.2, -0.15) is 0 Å². The largest absolute Gasteiger partial charge is 0.380 e. The second-order valence-electron chi connectivity index (χ2n) is 9.54. The van der Waals surface area contributed by atoms with E-state index in [1.807, 2.05) is 6.92 Å². The number of hydrogen-bond acceptors (Lipinski definition) is 3. The van der Waals surface area contributed by atoms with E-state index in [0.717, 1.165) is 18.4 Å². The van der Waals surface area contributed by atoms with Crippen molar-refractivity contribution in [3.8, 4) is 0 Å². The van der Waals surface area contributed by atoms with Gasteiger partial charge in [-0.1, -0.05) is 26.0 Å². The average molecular weight is 411 g/mol. The summed E-state index contributed by atoms with van der Waals surface area (Å²) in [7, 11) is 0. The molecule has 0 amide bonds. The van der Waals surface area contributed by atoms with Crippen LogP contribution in [-0.2, 0) is 9.59 Å². The van der Waals surface area contributed by atoms with Crippen LogP contribution in [0.15, 0.2) is 23.8 Å². The molecule has 4 aliphatic carbocycles. The zero-order valence-corrected chi connectivity index (χ0v) is 17.7. The van der Waals surface area contributed by atoms with E-state index in [4.69, 9.17) is 23.2 Å². The summed E-state index contributed by atoms with van der Waals surface area (Å²) in [5, 5.41) is 10.8. The SMILES string of the molecule is CC(=O)[C@@]1(O)[C@@H](Cl)C[C@H]2[C@@H]3C=CC4=CC(=O)C[C@H](CCl)[C@]4(C)[C@H]3CC[C@@]21C. The Morgan fingerprint density at radius 1 is 1.33 bits per heavy atom. The molecule has 1 N–H and O–H groups in total. The van der Waals surface area contributed by atoms with Crippen molar-refractivity contribution < 1.29 is 14.7 Å². The van der Waals surface area contributed by atoms with Crippen LogP contribution in [0.3, 0.4) is 0 Å². The van der Waals surface area contributed by atoms with E-state index in [2.05, 4.69) is 19.1 Å². The molecule has 0 saturated heterocycles. The molecule has 2 saturated carbocycles. The summed E-state index contributed by atoms with van der Waals surface area (Å²) in [6, 6.07) is 0. The maximum atomic E-state index is 12.4. The predicted octanol–water partition coefficient (Wildman–Crippen LogP) is 4.30. The van der Waals surface area contributed by atoms with Crippen molar-refractivity contribution in [2.75, 3.05) is 5.88 Å². The zero-order chi connectivity index (χ0) is 19.8. The zero-order valence-electron chi connectivity index (χ0n) is 16.2. The van der Waals surface area contributed by atoms with Gasteiger partial charge in [-0.05, 0) is 61.5 Å². The molecule has 2 fully saturated rings. The number of carbonyl (C=O) groups is 2. The minimum atomic E-state index is -1.47. The monoisotopic (exact) mass is 410 g/mol. The molecular formula is C22H28Cl2O3. The number of alkyl halides is 2. The number of fused-ring (bicyclic) bond motifs is 5. The Morgan fingerprint density at radius 3 is 2.67 bits per heavy atom. The van der Waals surface area contributed by atoms with Crippen LogP contribution in [0.4, 0.5) is 0 Å². The molecule has 0 heterocycles. The molecule has 0 aromatic rings. The van der Waals surface area contributed by atoms with Gasteiger partial charge in [0.15, 0.2) is 11.6 Å². The maximum absolute atomic E-state index is 12.4. The molecule has 3 nitrogen and oxygen atoms in total. The van der Waals surface area contributed by atoms with Crippen molar-refractivity contribution in [3.05, 3.63) is 23.8 Å². The van der Waals surface area contributed by atoms with E-state index in [1.165, 1.54) is 6.92 Å². The molecule has 0 spiro atoms. The second kappa shape index (κ2) is 6.18. The van der Waals surface area contributed by atoms with Crippen LogP contribution in [0.25, 0.3) is 0 Å². The van der Waals surface area contributed by atoms with Crippen LogP contribution in [0.5, 0.6) is 0 Å². The number of rotatable bonds is 2. The molecule has 0 aromatic heterocycles. The molecule has 27 heavy (non-hydrogen) atoms. The molecule has 4 aliphatic rings. The Labute approximate surface area is 171 Å². The van der Waals surface area contributed by atoms with Gasteiger partial charge in [0.25, 0.3) is 0 Å². The Bertz CT molecular complexity index is 759. The summed E-state index contributed by atoms with van der Waals surface area (Å²) < 4.78 is 0. The predicted molar refractivity (Wildman–Crippen MR) is 107 cm³/mol. The third kappa shape index (κ3) is 2.31. The van der Waals surface area contributed by atoms with Gasteiger partial charge in [-0.15, -0.1) is 23.2 Å². The number of aliphatic hydroxyl groups is 1. The van der Waals surface area contributed by atoms with Gasteiger partial charge in [0, 0.05) is 23.1 Å². The first-order valence-corrected chi connectivity index (χ1v) is 10.9. The van der Waals surface area contributed by atoms with Crippen molar-refractivity contribution >= 4 is 34.8 Å². The first-order valence-electron chi connectivity index (χ1n) is 9.97. The van der Waals surface area contributed by atoms with E-state index < -0.39 is 16.4 Å². The van der Waals surface area contributed by atoms with Crippen molar-refractivity contribution in [2.24, 2.45) is 34.5 Å². The summed E-state index contributed by atoms with van der Waals surface area (Å²) >= 11 is 12.9. The van der Waals surface area contributed by atoms with Gasteiger partial charge in [0.2, 0.25) is 0 Å². The Balaban J connectivity index is 1.80. The number of carbonyl (C=O) groups excluding carboxylic acids is 2. The summed E-state index contributed by atoms with van der Waals surface area (Å²) in [4.78, 5) is 24.6. The smallest absolute Gasteiger partial charge is 0.163 e. The number of allylic oxidation sites excluding steroid dienone is 4. The molecule has 0 unspecified atom stereocenters. The highest BCUT2D eigenvalue weighted by Crippen LogP contribution is 2.67. The lowest BCUT2D eigenvalue weighted by Gasteiger charge is -2.58.